The van der Waals surface area contributed by atoms with Gasteiger partial charge in [0.05, 0.1) is 15.7 Å². The van der Waals surface area contributed by atoms with Gasteiger partial charge in [0.15, 0.2) is 0 Å². The zero-order chi connectivity index (χ0) is 21.5. The van der Waals surface area contributed by atoms with Crippen molar-refractivity contribution in [1.82, 2.24) is 4.31 Å². The molecule has 1 atom stereocenters. The van der Waals surface area contributed by atoms with Crippen LogP contribution in [0.15, 0.2) is 47.4 Å². The van der Waals surface area contributed by atoms with Gasteiger partial charge in [0.1, 0.15) is 0 Å². The van der Waals surface area contributed by atoms with Gasteiger partial charge < -0.3 is 4.90 Å². The molecule has 1 saturated heterocycles. The van der Waals surface area contributed by atoms with E-state index in [4.69, 9.17) is 11.6 Å². The largest absolute Gasteiger partial charge is 0.311 e. The number of fused-ring (bicyclic) bond motifs is 1. The van der Waals surface area contributed by atoms with E-state index in [-0.39, 0.29) is 23.0 Å². The number of non-ortho nitro benzene ring substituents is 1. The summed E-state index contributed by atoms with van der Waals surface area (Å²) in [5, 5.41) is 11.4. The Labute approximate surface area is 179 Å². The predicted molar refractivity (Wildman–Crippen MR) is 112 cm³/mol. The summed E-state index contributed by atoms with van der Waals surface area (Å²) in [6, 6.07) is 10.3. The summed E-state index contributed by atoms with van der Waals surface area (Å²) in [5.41, 5.74) is 1.56. The topological polar surface area (TPSA) is 101 Å². The first-order valence-corrected chi connectivity index (χ1v) is 11.4. The number of amides is 1. The van der Waals surface area contributed by atoms with Crippen LogP contribution in [0.5, 0.6) is 0 Å². The van der Waals surface area contributed by atoms with E-state index in [1.165, 1.54) is 28.6 Å². The number of anilines is 1. The lowest BCUT2D eigenvalue weighted by Gasteiger charge is -2.33. The zero-order valence-electron chi connectivity index (χ0n) is 16.0. The van der Waals surface area contributed by atoms with Crippen molar-refractivity contribution < 1.29 is 18.1 Å². The van der Waals surface area contributed by atoms with E-state index >= 15 is 0 Å². The number of hydrogen-bond acceptors (Lipinski definition) is 5. The Kier molecular flexibility index (Phi) is 5.52. The Morgan fingerprint density at radius 3 is 2.57 bits per heavy atom. The van der Waals surface area contributed by atoms with E-state index in [1.54, 1.807) is 17.0 Å². The van der Waals surface area contributed by atoms with E-state index in [2.05, 4.69) is 0 Å². The van der Waals surface area contributed by atoms with Gasteiger partial charge in [-0.3, -0.25) is 14.9 Å². The second-order valence-corrected chi connectivity index (χ2v) is 9.78. The molecule has 1 unspecified atom stereocenters. The number of carbonyl (C=O) groups is 1. The Morgan fingerprint density at radius 2 is 1.87 bits per heavy atom. The Hall–Kier alpha value is -2.49. The second-order valence-electron chi connectivity index (χ2n) is 7.43. The third-order valence-corrected chi connectivity index (χ3v) is 7.89. The number of nitrogens with zero attached hydrogens (tertiary/aromatic N) is 3. The van der Waals surface area contributed by atoms with Crippen LogP contribution in [0.3, 0.4) is 0 Å². The number of halogens is 1. The molecule has 30 heavy (non-hydrogen) atoms. The molecule has 8 nitrogen and oxygen atoms in total. The highest BCUT2D eigenvalue weighted by Gasteiger charge is 2.37. The van der Waals surface area contributed by atoms with Crippen LogP contribution in [0.4, 0.5) is 11.4 Å². The fourth-order valence-corrected chi connectivity index (χ4v) is 5.88. The highest BCUT2D eigenvalue weighted by molar-refractivity contribution is 7.89. The second kappa shape index (κ2) is 7.98. The minimum absolute atomic E-state index is 0.0144. The maximum absolute atomic E-state index is 13.2. The van der Waals surface area contributed by atoms with Gasteiger partial charge in [-0.05, 0) is 49.1 Å². The molecule has 10 heteroatoms. The van der Waals surface area contributed by atoms with Gasteiger partial charge >= 0.3 is 0 Å². The number of carbonyl (C=O) groups excluding carboxylic acids is 1. The molecular formula is C20H20ClN3O5S. The lowest BCUT2D eigenvalue weighted by molar-refractivity contribution is -0.384. The molecule has 158 valence electrons. The van der Waals surface area contributed by atoms with E-state index < -0.39 is 20.9 Å². The lowest BCUT2D eigenvalue weighted by Crippen LogP contribution is -2.46. The van der Waals surface area contributed by atoms with Crippen molar-refractivity contribution in [2.24, 2.45) is 5.92 Å². The van der Waals surface area contributed by atoms with Crippen molar-refractivity contribution in [3.63, 3.8) is 0 Å². The molecule has 0 N–H and O–H groups in total. The maximum Gasteiger partial charge on any atom is 0.269 e. The third kappa shape index (κ3) is 3.68. The molecule has 2 aromatic carbocycles. The van der Waals surface area contributed by atoms with E-state index in [9.17, 15) is 23.3 Å². The van der Waals surface area contributed by atoms with Crippen LogP contribution in [-0.4, -0.2) is 43.2 Å². The maximum atomic E-state index is 13.2. The molecule has 2 heterocycles. The smallest absolute Gasteiger partial charge is 0.269 e. The first-order valence-electron chi connectivity index (χ1n) is 9.62. The molecule has 0 spiro atoms. The van der Waals surface area contributed by atoms with Crippen molar-refractivity contribution in [2.75, 3.05) is 24.5 Å². The normalized spacial score (nSPS) is 19.5. The summed E-state index contributed by atoms with van der Waals surface area (Å²) < 4.78 is 27.3. The number of nitro benzene ring substituents is 1. The van der Waals surface area contributed by atoms with E-state index in [1.807, 2.05) is 6.07 Å². The Bertz CT molecular complexity index is 1100. The van der Waals surface area contributed by atoms with Crippen molar-refractivity contribution in [2.45, 2.75) is 24.2 Å². The van der Waals surface area contributed by atoms with Gasteiger partial charge in [-0.15, -0.1) is 0 Å². The molecule has 2 aliphatic heterocycles. The highest BCUT2D eigenvalue weighted by Crippen LogP contribution is 2.35. The fraction of sp³-hybridized carbons (Fsp3) is 0.350. The number of sulfonamides is 1. The van der Waals surface area contributed by atoms with Crippen molar-refractivity contribution >= 4 is 38.9 Å². The van der Waals surface area contributed by atoms with Crippen LogP contribution >= 0.6 is 11.6 Å². The van der Waals surface area contributed by atoms with Crippen molar-refractivity contribution in [3.05, 3.63) is 63.2 Å². The van der Waals surface area contributed by atoms with E-state index in [0.717, 1.165) is 11.3 Å². The molecule has 2 aliphatic rings. The summed E-state index contributed by atoms with van der Waals surface area (Å²) in [4.78, 5) is 25.1. The fourth-order valence-electron chi connectivity index (χ4n) is 4.09. The molecule has 0 aromatic heterocycles. The summed E-state index contributed by atoms with van der Waals surface area (Å²) in [6.45, 7) is 0.930. The number of rotatable bonds is 4. The third-order valence-electron chi connectivity index (χ3n) is 5.66. The van der Waals surface area contributed by atoms with Crippen LogP contribution in [0.1, 0.15) is 18.4 Å². The lowest BCUT2D eigenvalue weighted by atomic mass is 9.98. The summed E-state index contributed by atoms with van der Waals surface area (Å²) in [7, 11) is -3.84. The van der Waals surface area contributed by atoms with Crippen LogP contribution in [0.2, 0.25) is 5.02 Å². The van der Waals surface area contributed by atoms with Crippen LogP contribution in [0.25, 0.3) is 0 Å². The predicted octanol–water partition coefficient (Wildman–Crippen LogP) is 3.24. The van der Waals surface area contributed by atoms with Gasteiger partial charge in [0, 0.05) is 42.5 Å². The van der Waals surface area contributed by atoms with Crippen molar-refractivity contribution in [1.29, 1.82) is 0 Å². The molecule has 1 fully saturated rings. The first-order chi connectivity index (χ1) is 14.3. The number of piperidine rings is 1. The number of nitro groups is 1. The molecular weight excluding hydrogens is 430 g/mol. The SMILES string of the molecule is O=C(C1CCCN(S(=O)(=O)c2ccc([N+](=O)[O-])cc2)C1)N1CCc2c(Cl)cccc21. The standard InChI is InChI=1S/C20H20ClN3O5S/c21-18-4-1-5-19-17(18)10-12-23(19)20(25)14-3-2-11-22(13-14)30(28,29)16-8-6-15(7-9-16)24(26)27/h1,4-9,14H,2-3,10-13H2. The van der Waals surface area contributed by atoms with E-state index in [0.29, 0.717) is 37.4 Å². The number of benzene rings is 2. The average Bonchev–Trinajstić information content (AvgIpc) is 3.19. The molecule has 1 amide bonds. The van der Waals surface area contributed by atoms with Gasteiger partial charge in [-0.1, -0.05) is 17.7 Å². The quantitative estimate of drug-likeness (QED) is 0.526. The van der Waals surface area contributed by atoms with Crippen LogP contribution in [0, 0.1) is 16.0 Å². The zero-order valence-corrected chi connectivity index (χ0v) is 17.6. The van der Waals surface area contributed by atoms with Gasteiger partial charge in [0.25, 0.3) is 5.69 Å². The molecule has 0 radical (unpaired) electrons. The van der Waals surface area contributed by atoms with Crippen molar-refractivity contribution in [3.8, 4) is 0 Å². The number of hydrogen-bond donors (Lipinski definition) is 0. The van der Waals surface area contributed by atoms with Gasteiger partial charge in [-0.25, -0.2) is 8.42 Å². The Balaban J connectivity index is 1.53. The van der Waals surface area contributed by atoms with Crippen LogP contribution < -0.4 is 4.90 Å². The average molecular weight is 450 g/mol. The summed E-state index contributed by atoms with van der Waals surface area (Å²) >= 11 is 6.24. The van der Waals surface area contributed by atoms with Crippen LogP contribution in [-0.2, 0) is 21.2 Å². The molecule has 0 bridgehead atoms. The first kappa shape index (κ1) is 20.8. The van der Waals surface area contributed by atoms with Gasteiger partial charge in [-0.2, -0.15) is 4.31 Å². The molecule has 2 aromatic rings. The molecule has 4 rings (SSSR count). The minimum Gasteiger partial charge on any atom is -0.311 e. The monoisotopic (exact) mass is 449 g/mol. The highest BCUT2D eigenvalue weighted by atomic mass is 35.5. The molecule has 0 aliphatic carbocycles. The molecule has 0 saturated carbocycles. The summed E-state index contributed by atoms with van der Waals surface area (Å²) in [6.07, 6.45) is 1.86. The van der Waals surface area contributed by atoms with Gasteiger partial charge in [0.2, 0.25) is 15.9 Å². The summed E-state index contributed by atoms with van der Waals surface area (Å²) in [5.74, 6) is -0.545. The Morgan fingerprint density at radius 1 is 1.13 bits per heavy atom. The minimum atomic E-state index is -3.84.